The highest BCUT2D eigenvalue weighted by molar-refractivity contribution is 5.91. The first-order chi connectivity index (χ1) is 10.1. The highest BCUT2D eigenvalue weighted by atomic mass is 16.1. The molecule has 7 nitrogen and oxygen atoms in total. The topological polar surface area (TPSA) is 64.6 Å². The summed E-state index contributed by atoms with van der Waals surface area (Å²) in [6.07, 6.45) is 3.24. The molecule has 21 heavy (non-hydrogen) atoms. The molecule has 0 saturated carbocycles. The number of rotatable bonds is 5. The number of anilines is 1. The van der Waals surface area contributed by atoms with E-state index in [9.17, 15) is 4.79 Å². The minimum Gasteiger partial charge on any atom is -0.353 e. The number of nitrogens with zero attached hydrogens (tertiary/aromatic N) is 5. The molecule has 0 radical (unpaired) electrons. The van der Waals surface area contributed by atoms with Crippen molar-refractivity contribution in [3.8, 4) is 0 Å². The third-order valence-corrected chi connectivity index (χ3v) is 3.54. The van der Waals surface area contributed by atoms with E-state index in [0.717, 1.165) is 38.5 Å². The van der Waals surface area contributed by atoms with Crippen molar-refractivity contribution >= 4 is 11.7 Å². The van der Waals surface area contributed by atoms with Crippen molar-refractivity contribution in [3.05, 3.63) is 18.1 Å². The van der Waals surface area contributed by atoms with Crippen LogP contribution in [0, 0.1) is 0 Å². The molecule has 0 aromatic carbocycles. The Balaban J connectivity index is 1.88. The number of carbonyl (C=O) groups excluding carboxylic acids is 1. The van der Waals surface area contributed by atoms with Crippen molar-refractivity contribution in [2.24, 2.45) is 0 Å². The molecule has 7 heteroatoms. The van der Waals surface area contributed by atoms with E-state index in [1.54, 1.807) is 12.4 Å². The van der Waals surface area contributed by atoms with Crippen molar-refractivity contribution in [3.63, 3.8) is 0 Å². The molecule has 0 spiro atoms. The number of piperazine rings is 1. The molecule has 0 unspecified atom stereocenters. The Hall–Kier alpha value is -1.73. The molecular weight excluding hydrogens is 268 g/mol. The zero-order valence-electron chi connectivity index (χ0n) is 13.0. The second-order valence-corrected chi connectivity index (χ2v) is 5.61. The predicted molar refractivity (Wildman–Crippen MR) is 82.6 cm³/mol. The van der Waals surface area contributed by atoms with Crippen molar-refractivity contribution in [1.82, 2.24) is 25.1 Å². The quantitative estimate of drug-likeness (QED) is 0.791. The normalized spacial score (nSPS) is 16.3. The zero-order chi connectivity index (χ0) is 15.2. The SMILES string of the molecule is CN(C)CCNC(=O)c1cnc(N2CCN(C)CC2)cn1. The van der Waals surface area contributed by atoms with Crippen LogP contribution >= 0.6 is 0 Å². The van der Waals surface area contributed by atoms with Crippen LogP contribution in [0.1, 0.15) is 10.5 Å². The van der Waals surface area contributed by atoms with Gasteiger partial charge in [-0.05, 0) is 21.1 Å². The van der Waals surface area contributed by atoms with Crippen LogP contribution in [0.25, 0.3) is 0 Å². The maximum atomic E-state index is 11.9. The smallest absolute Gasteiger partial charge is 0.271 e. The first-order valence-electron chi connectivity index (χ1n) is 7.25. The third-order valence-electron chi connectivity index (χ3n) is 3.54. The number of aromatic nitrogens is 2. The Morgan fingerprint density at radius 3 is 2.52 bits per heavy atom. The van der Waals surface area contributed by atoms with E-state index in [1.807, 2.05) is 19.0 Å². The molecule has 116 valence electrons. The summed E-state index contributed by atoms with van der Waals surface area (Å²) >= 11 is 0. The van der Waals surface area contributed by atoms with Gasteiger partial charge in [0.25, 0.3) is 5.91 Å². The highest BCUT2D eigenvalue weighted by Gasteiger charge is 2.16. The molecule has 0 bridgehead atoms. The van der Waals surface area contributed by atoms with Gasteiger partial charge in [-0.2, -0.15) is 0 Å². The second kappa shape index (κ2) is 7.33. The van der Waals surface area contributed by atoms with Crippen LogP contribution in [-0.2, 0) is 0 Å². The van der Waals surface area contributed by atoms with E-state index in [0.29, 0.717) is 12.2 Å². The lowest BCUT2D eigenvalue weighted by molar-refractivity contribution is 0.0945. The molecule has 0 atom stereocenters. The average Bonchev–Trinajstić information content (AvgIpc) is 2.48. The average molecular weight is 292 g/mol. The highest BCUT2D eigenvalue weighted by Crippen LogP contribution is 2.11. The van der Waals surface area contributed by atoms with Gasteiger partial charge in [0.1, 0.15) is 11.5 Å². The number of carbonyl (C=O) groups is 1. The number of nitrogens with one attached hydrogen (secondary N) is 1. The molecule has 2 rings (SSSR count). The summed E-state index contributed by atoms with van der Waals surface area (Å²) in [4.78, 5) is 27.0. The van der Waals surface area contributed by atoms with Crippen LogP contribution in [0.5, 0.6) is 0 Å². The van der Waals surface area contributed by atoms with Gasteiger partial charge in [-0.25, -0.2) is 9.97 Å². The molecule has 1 aliphatic rings. The Morgan fingerprint density at radius 2 is 1.95 bits per heavy atom. The zero-order valence-corrected chi connectivity index (χ0v) is 13.0. The summed E-state index contributed by atoms with van der Waals surface area (Å²) in [7, 11) is 6.05. The predicted octanol–water partition coefficient (Wildman–Crippen LogP) is -0.480. The fourth-order valence-corrected chi connectivity index (χ4v) is 2.12. The number of hydrogen-bond donors (Lipinski definition) is 1. The summed E-state index contributed by atoms with van der Waals surface area (Å²) in [5.41, 5.74) is 0.367. The van der Waals surface area contributed by atoms with Gasteiger partial charge in [0.2, 0.25) is 0 Å². The van der Waals surface area contributed by atoms with Gasteiger partial charge in [0.15, 0.2) is 0 Å². The maximum Gasteiger partial charge on any atom is 0.271 e. The molecule has 1 aliphatic heterocycles. The molecule has 0 aliphatic carbocycles. The Labute approximate surface area is 126 Å². The Bertz CT molecular complexity index is 453. The van der Waals surface area contributed by atoms with Crippen LogP contribution in [0.2, 0.25) is 0 Å². The second-order valence-electron chi connectivity index (χ2n) is 5.61. The van der Waals surface area contributed by atoms with Crippen molar-refractivity contribution in [1.29, 1.82) is 0 Å². The van der Waals surface area contributed by atoms with Gasteiger partial charge in [-0.3, -0.25) is 4.79 Å². The van der Waals surface area contributed by atoms with E-state index < -0.39 is 0 Å². The summed E-state index contributed by atoms with van der Waals surface area (Å²) in [6.45, 7) is 5.34. The van der Waals surface area contributed by atoms with Crippen LogP contribution in [0.3, 0.4) is 0 Å². The van der Waals surface area contributed by atoms with Crippen LogP contribution in [-0.4, -0.2) is 86.1 Å². The largest absolute Gasteiger partial charge is 0.353 e. The first-order valence-corrected chi connectivity index (χ1v) is 7.25. The molecule has 1 aromatic heterocycles. The van der Waals surface area contributed by atoms with E-state index in [1.165, 1.54) is 0 Å². The first kappa shape index (κ1) is 15.7. The van der Waals surface area contributed by atoms with Gasteiger partial charge in [-0.15, -0.1) is 0 Å². The minimum atomic E-state index is -0.172. The molecule has 1 saturated heterocycles. The molecule has 1 fully saturated rings. The van der Waals surface area contributed by atoms with Gasteiger partial charge >= 0.3 is 0 Å². The van der Waals surface area contributed by atoms with E-state index in [-0.39, 0.29) is 5.91 Å². The lowest BCUT2D eigenvalue weighted by Gasteiger charge is -2.32. The van der Waals surface area contributed by atoms with E-state index >= 15 is 0 Å². The van der Waals surface area contributed by atoms with Gasteiger partial charge in [-0.1, -0.05) is 0 Å². The van der Waals surface area contributed by atoms with Crippen molar-refractivity contribution in [2.75, 3.05) is 65.3 Å². The molecular formula is C14H24N6O. The van der Waals surface area contributed by atoms with Gasteiger partial charge in [0.05, 0.1) is 12.4 Å². The summed E-state index contributed by atoms with van der Waals surface area (Å²) in [5.74, 6) is 0.669. The van der Waals surface area contributed by atoms with Crippen LogP contribution < -0.4 is 10.2 Å². The molecule has 1 amide bonds. The summed E-state index contributed by atoms with van der Waals surface area (Å²) in [5, 5.41) is 2.83. The number of hydrogen-bond acceptors (Lipinski definition) is 6. The lowest BCUT2D eigenvalue weighted by atomic mass is 10.3. The van der Waals surface area contributed by atoms with Crippen molar-refractivity contribution in [2.45, 2.75) is 0 Å². The Kier molecular flexibility index (Phi) is 5.46. The van der Waals surface area contributed by atoms with E-state index in [2.05, 4.69) is 32.1 Å². The molecule has 2 heterocycles. The summed E-state index contributed by atoms with van der Waals surface area (Å²) < 4.78 is 0. The fraction of sp³-hybridized carbons (Fsp3) is 0.643. The van der Waals surface area contributed by atoms with Crippen LogP contribution in [0.15, 0.2) is 12.4 Å². The third kappa shape index (κ3) is 4.64. The lowest BCUT2D eigenvalue weighted by Crippen LogP contribution is -2.44. The monoisotopic (exact) mass is 292 g/mol. The standard InChI is InChI=1S/C14H24N6O/c1-18(2)5-4-15-14(21)12-10-17-13(11-16-12)20-8-6-19(3)7-9-20/h10-11H,4-9H2,1-3H3,(H,15,21). The molecule has 1 aromatic rings. The maximum absolute atomic E-state index is 11.9. The number of amides is 1. The van der Waals surface area contributed by atoms with E-state index in [4.69, 9.17) is 0 Å². The fourth-order valence-electron chi connectivity index (χ4n) is 2.12. The van der Waals surface area contributed by atoms with Crippen molar-refractivity contribution < 1.29 is 4.79 Å². The summed E-state index contributed by atoms with van der Waals surface area (Å²) in [6, 6.07) is 0. The van der Waals surface area contributed by atoms with Gasteiger partial charge in [0, 0.05) is 39.3 Å². The van der Waals surface area contributed by atoms with Crippen LogP contribution in [0.4, 0.5) is 5.82 Å². The molecule has 1 N–H and O–H groups in total. The van der Waals surface area contributed by atoms with Gasteiger partial charge < -0.3 is 20.0 Å². The number of likely N-dealkylation sites (N-methyl/N-ethyl adjacent to an activating group) is 2. The Morgan fingerprint density at radius 1 is 1.24 bits per heavy atom. The minimum absolute atomic E-state index is 0.172.